The largest absolute Gasteiger partial charge is 0.308 e. The van der Waals surface area contributed by atoms with E-state index < -0.39 is 0 Å². The molecule has 1 saturated carbocycles. The van der Waals surface area contributed by atoms with Crippen molar-refractivity contribution in [2.75, 3.05) is 6.54 Å². The molecule has 0 aliphatic heterocycles. The van der Waals surface area contributed by atoms with Crippen LogP contribution >= 0.6 is 0 Å². The van der Waals surface area contributed by atoms with E-state index in [0.29, 0.717) is 0 Å². The van der Waals surface area contributed by atoms with Crippen LogP contribution in [0.4, 0.5) is 0 Å². The van der Waals surface area contributed by atoms with E-state index in [0.717, 1.165) is 12.5 Å². The molecule has 0 atom stereocenters. The number of allylic oxidation sites excluding steroid dienone is 1. The molecule has 0 bridgehead atoms. The summed E-state index contributed by atoms with van der Waals surface area (Å²) in [5.74, 6) is 0.895. The minimum Gasteiger partial charge on any atom is -0.308 e. The Morgan fingerprint density at radius 1 is 1.36 bits per heavy atom. The maximum absolute atomic E-state index is 3.56. The first-order valence-electron chi connectivity index (χ1n) is 5.96. The van der Waals surface area contributed by atoms with Gasteiger partial charge in [0.15, 0.2) is 0 Å². The molecular weight excluding hydrogens is 170 g/mol. The minimum atomic E-state index is 0.244. The number of rotatable bonds is 4. The lowest BCUT2D eigenvalue weighted by Gasteiger charge is -2.25. The van der Waals surface area contributed by atoms with E-state index in [1.165, 1.54) is 25.7 Å². The highest BCUT2D eigenvalue weighted by Gasteiger charge is 2.15. The molecule has 82 valence electrons. The van der Waals surface area contributed by atoms with Crippen LogP contribution in [0.5, 0.6) is 0 Å². The SMILES string of the molecule is CCC(=CC1CCC1)CNC(C)(C)C. The molecule has 1 aliphatic rings. The highest BCUT2D eigenvalue weighted by molar-refractivity contribution is 5.08. The predicted molar refractivity (Wildman–Crippen MR) is 63.5 cm³/mol. The molecular formula is C13H25N. The molecule has 0 amide bonds. The van der Waals surface area contributed by atoms with E-state index >= 15 is 0 Å². The predicted octanol–water partition coefficient (Wildman–Crippen LogP) is 3.51. The molecule has 14 heavy (non-hydrogen) atoms. The van der Waals surface area contributed by atoms with E-state index in [2.05, 4.69) is 39.1 Å². The molecule has 0 saturated heterocycles. The molecule has 0 spiro atoms. The summed E-state index contributed by atoms with van der Waals surface area (Å²) in [6.45, 7) is 10.0. The molecule has 1 N–H and O–H groups in total. The third kappa shape index (κ3) is 4.28. The van der Waals surface area contributed by atoms with Crippen LogP contribution in [0, 0.1) is 5.92 Å². The van der Waals surface area contributed by atoms with E-state index in [4.69, 9.17) is 0 Å². The monoisotopic (exact) mass is 195 g/mol. The Hall–Kier alpha value is -0.300. The van der Waals surface area contributed by atoms with Gasteiger partial charge in [-0.05, 0) is 46.0 Å². The lowest BCUT2D eigenvalue weighted by molar-refractivity contribution is 0.382. The van der Waals surface area contributed by atoms with Gasteiger partial charge in [-0.3, -0.25) is 0 Å². The van der Waals surface area contributed by atoms with Crippen molar-refractivity contribution >= 4 is 0 Å². The van der Waals surface area contributed by atoms with Crippen LogP contribution in [0.3, 0.4) is 0 Å². The molecule has 1 heteroatoms. The number of hydrogen-bond acceptors (Lipinski definition) is 1. The first-order chi connectivity index (χ1) is 6.51. The minimum absolute atomic E-state index is 0.244. The number of hydrogen-bond donors (Lipinski definition) is 1. The Labute approximate surface area is 89.0 Å². The van der Waals surface area contributed by atoms with Gasteiger partial charge in [0.25, 0.3) is 0 Å². The first kappa shape index (κ1) is 11.8. The van der Waals surface area contributed by atoms with Gasteiger partial charge in [0.05, 0.1) is 0 Å². The van der Waals surface area contributed by atoms with E-state index in [1.807, 2.05) is 0 Å². The third-order valence-corrected chi connectivity index (χ3v) is 2.92. The van der Waals surface area contributed by atoms with Gasteiger partial charge in [0.2, 0.25) is 0 Å². The second-order valence-electron chi connectivity index (χ2n) is 5.47. The standard InChI is InChI=1S/C13H25N/c1-5-11(9-12-7-6-8-12)10-14-13(2,3)4/h9,12,14H,5-8,10H2,1-4H3. The molecule has 1 rings (SSSR count). The summed E-state index contributed by atoms with van der Waals surface area (Å²) in [4.78, 5) is 0. The Morgan fingerprint density at radius 2 is 2.00 bits per heavy atom. The molecule has 0 radical (unpaired) electrons. The van der Waals surface area contributed by atoms with Crippen molar-refractivity contribution in [1.82, 2.24) is 5.32 Å². The molecule has 0 aromatic rings. The van der Waals surface area contributed by atoms with E-state index in [9.17, 15) is 0 Å². The lowest BCUT2D eigenvalue weighted by Crippen LogP contribution is -2.37. The summed E-state index contributed by atoms with van der Waals surface area (Å²) in [5, 5.41) is 3.56. The van der Waals surface area contributed by atoms with Crippen LogP contribution in [0.1, 0.15) is 53.4 Å². The third-order valence-electron chi connectivity index (χ3n) is 2.92. The van der Waals surface area contributed by atoms with Crippen molar-refractivity contribution in [3.05, 3.63) is 11.6 Å². The lowest BCUT2D eigenvalue weighted by atomic mass is 9.84. The zero-order valence-electron chi connectivity index (χ0n) is 10.2. The Balaban J connectivity index is 2.34. The van der Waals surface area contributed by atoms with Crippen LogP contribution in [0.2, 0.25) is 0 Å². The van der Waals surface area contributed by atoms with E-state index in [1.54, 1.807) is 5.57 Å². The molecule has 1 aliphatic carbocycles. The van der Waals surface area contributed by atoms with Crippen molar-refractivity contribution in [3.63, 3.8) is 0 Å². The second-order valence-corrected chi connectivity index (χ2v) is 5.47. The van der Waals surface area contributed by atoms with Gasteiger partial charge in [-0.15, -0.1) is 0 Å². The van der Waals surface area contributed by atoms with Crippen LogP contribution in [-0.2, 0) is 0 Å². The summed E-state index contributed by atoms with van der Waals surface area (Å²) in [6, 6.07) is 0. The van der Waals surface area contributed by atoms with Crippen molar-refractivity contribution in [2.24, 2.45) is 5.92 Å². The van der Waals surface area contributed by atoms with Crippen LogP contribution < -0.4 is 5.32 Å². The smallest absolute Gasteiger partial charge is 0.0169 e. The first-order valence-corrected chi connectivity index (χ1v) is 5.96. The van der Waals surface area contributed by atoms with Crippen LogP contribution in [0.25, 0.3) is 0 Å². The van der Waals surface area contributed by atoms with Crippen molar-refractivity contribution in [2.45, 2.75) is 58.9 Å². The molecule has 1 fully saturated rings. The average Bonchev–Trinajstić information content (AvgIpc) is 2.00. The van der Waals surface area contributed by atoms with Gasteiger partial charge in [-0.1, -0.05) is 25.0 Å². The van der Waals surface area contributed by atoms with E-state index in [-0.39, 0.29) is 5.54 Å². The van der Waals surface area contributed by atoms with Crippen molar-refractivity contribution < 1.29 is 0 Å². The fourth-order valence-electron chi connectivity index (χ4n) is 1.62. The van der Waals surface area contributed by atoms with Crippen molar-refractivity contribution in [3.8, 4) is 0 Å². The summed E-state index contributed by atoms with van der Waals surface area (Å²) in [5.41, 5.74) is 1.83. The highest BCUT2D eigenvalue weighted by atomic mass is 14.9. The number of nitrogens with one attached hydrogen (secondary N) is 1. The molecule has 0 aromatic heterocycles. The van der Waals surface area contributed by atoms with Gasteiger partial charge in [-0.2, -0.15) is 0 Å². The Bertz CT molecular complexity index is 194. The maximum Gasteiger partial charge on any atom is 0.0169 e. The Morgan fingerprint density at radius 3 is 2.36 bits per heavy atom. The fourth-order valence-corrected chi connectivity index (χ4v) is 1.62. The molecule has 0 heterocycles. The normalized spacial score (nSPS) is 19.6. The van der Waals surface area contributed by atoms with Gasteiger partial charge in [0, 0.05) is 12.1 Å². The van der Waals surface area contributed by atoms with Crippen LogP contribution in [-0.4, -0.2) is 12.1 Å². The summed E-state index contributed by atoms with van der Waals surface area (Å²) >= 11 is 0. The molecule has 0 aromatic carbocycles. The van der Waals surface area contributed by atoms with Gasteiger partial charge >= 0.3 is 0 Å². The summed E-state index contributed by atoms with van der Waals surface area (Å²) < 4.78 is 0. The van der Waals surface area contributed by atoms with Crippen LogP contribution in [0.15, 0.2) is 11.6 Å². The Kier molecular flexibility index (Phi) is 4.18. The quantitative estimate of drug-likeness (QED) is 0.677. The average molecular weight is 195 g/mol. The molecule has 1 nitrogen and oxygen atoms in total. The van der Waals surface area contributed by atoms with Gasteiger partial charge in [0.1, 0.15) is 0 Å². The summed E-state index contributed by atoms with van der Waals surface area (Å²) in [6.07, 6.45) is 7.96. The fraction of sp³-hybridized carbons (Fsp3) is 0.846. The topological polar surface area (TPSA) is 12.0 Å². The zero-order valence-corrected chi connectivity index (χ0v) is 10.2. The zero-order chi connectivity index (χ0) is 10.6. The molecule has 0 unspecified atom stereocenters. The van der Waals surface area contributed by atoms with Crippen molar-refractivity contribution in [1.29, 1.82) is 0 Å². The van der Waals surface area contributed by atoms with Gasteiger partial charge in [-0.25, -0.2) is 0 Å². The second kappa shape index (κ2) is 4.97. The summed E-state index contributed by atoms with van der Waals surface area (Å²) in [7, 11) is 0. The maximum atomic E-state index is 3.56. The highest BCUT2D eigenvalue weighted by Crippen LogP contribution is 2.28. The van der Waals surface area contributed by atoms with Gasteiger partial charge < -0.3 is 5.32 Å².